The number of aryl methyl sites for hydroxylation is 1. The van der Waals surface area contributed by atoms with Gasteiger partial charge < -0.3 is 16.0 Å². The second-order valence-electron chi connectivity index (χ2n) is 5.28. The Morgan fingerprint density at radius 2 is 1.95 bits per heavy atom. The van der Waals surface area contributed by atoms with Crippen LogP contribution in [0.3, 0.4) is 0 Å². The second-order valence-corrected chi connectivity index (χ2v) is 5.28. The highest BCUT2D eigenvalue weighted by molar-refractivity contribution is 5.96. The van der Waals surface area contributed by atoms with Crippen LogP contribution in [-0.4, -0.2) is 31.4 Å². The molecule has 5 nitrogen and oxygen atoms in total. The van der Waals surface area contributed by atoms with Crippen LogP contribution in [0.1, 0.15) is 19.4 Å². The summed E-state index contributed by atoms with van der Waals surface area (Å²) >= 11 is 0. The number of nitrogens with two attached hydrogens (primary N) is 1. The van der Waals surface area contributed by atoms with Gasteiger partial charge in [0.2, 0.25) is 11.8 Å². The normalized spacial score (nSPS) is 11.5. The second kappa shape index (κ2) is 8.64. The van der Waals surface area contributed by atoms with Crippen LogP contribution in [0.4, 0.5) is 5.69 Å². The number of hydrogen-bond acceptors (Lipinski definition) is 3. The number of nitrogens with zero attached hydrogens (tertiary/aromatic N) is 1. The Morgan fingerprint density at radius 3 is 2.48 bits per heavy atom. The molecule has 2 amide bonds. The summed E-state index contributed by atoms with van der Waals surface area (Å²) in [6.07, 6.45) is 0. The number of amides is 2. The summed E-state index contributed by atoms with van der Waals surface area (Å²) in [7, 11) is 1.69. The molecule has 0 saturated heterocycles. The van der Waals surface area contributed by atoms with E-state index in [1.807, 2.05) is 45.0 Å². The number of hydrogen-bond donors (Lipinski definition) is 2. The van der Waals surface area contributed by atoms with Crippen molar-refractivity contribution in [2.24, 2.45) is 11.7 Å². The summed E-state index contributed by atoms with van der Waals surface area (Å²) in [5.41, 5.74) is 7.60. The van der Waals surface area contributed by atoms with Crippen molar-refractivity contribution in [1.29, 1.82) is 0 Å². The number of benzene rings is 1. The summed E-state index contributed by atoms with van der Waals surface area (Å²) < 4.78 is 0. The summed E-state index contributed by atoms with van der Waals surface area (Å²) in [6.45, 7) is 5.64. The fourth-order valence-electron chi connectivity index (χ4n) is 1.68. The van der Waals surface area contributed by atoms with Gasteiger partial charge in [0, 0.05) is 12.7 Å². The molecule has 0 aromatic heterocycles. The van der Waals surface area contributed by atoms with Gasteiger partial charge in [0.25, 0.3) is 0 Å². The van der Waals surface area contributed by atoms with E-state index in [1.54, 1.807) is 7.05 Å². The highest BCUT2D eigenvalue weighted by atomic mass is 35.5. The molecule has 0 aliphatic rings. The van der Waals surface area contributed by atoms with Crippen LogP contribution in [-0.2, 0) is 9.59 Å². The van der Waals surface area contributed by atoms with Crippen LogP contribution in [0.25, 0.3) is 0 Å². The first kappa shape index (κ1) is 19.4. The molecule has 0 radical (unpaired) electrons. The molecule has 0 spiro atoms. The van der Waals surface area contributed by atoms with Gasteiger partial charge in [0.15, 0.2) is 0 Å². The van der Waals surface area contributed by atoms with E-state index in [2.05, 4.69) is 5.32 Å². The molecule has 0 saturated carbocycles. The lowest BCUT2D eigenvalue weighted by molar-refractivity contribution is -0.126. The van der Waals surface area contributed by atoms with Gasteiger partial charge in [-0.25, -0.2) is 0 Å². The van der Waals surface area contributed by atoms with Gasteiger partial charge in [-0.2, -0.15) is 0 Å². The molecule has 21 heavy (non-hydrogen) atoms. The number of halogens is 1. The zero-order chi connectivity index (χ0) is 15.3. The zero-order valence-electron chi connectivity index (χ0n) is 12.9. The molecular formula is C15H24ClN3O2. The van der Waals surface area contributed by atoms with Gasteiger partial charge in [-0.05, 0) is 30.5 Å². The Morgan fingerprint density at radius 1 is 1.33 bits per heavy atom. The third-order valence-electron chi connectivity index (χ3n) is 3.20. The van der Waals surface area contributed by atoms with E-state index in [9.17, 15) is 9.59 Å². The molecular weight excluding hydrogens is 290 g/mol. The lowest BCUT2D eigenvalue weighted by Gasteiger charge is -2.20. The summed E-state index contributed by atoms with van der Waals surface area (Å²) in [5, 5.41) is 2.57. The van der Waals surface area contributed by atoms with Crippen molar-refractivity contribution in [3.8, 4) is 0 Å². The van der Waals surface area contributed by atoms with Crippen molar-refractivity contribution in [2.75, 3.05) is 18.5 Å². The first-order chi connectivity index (χ1) is 9.32. The molecule has 3 N–H and O–H groups in total. The van der Waals surface area contributed by atoms with Crippen LogP contribution >= 0.6 is 12.4 Å². The number of nitrogens with one attached hydrogen (secondary N) is 1. The molecule has 0 heterocycles. The van der Waals surface area contributed by atoms with Crippen molar-refractivity contribution < 1.29 is 9.59 Å². The predicted octanol–water partition coefficient (Wildman–Crippen LogP) is 1.48. The predicted molar refractivity (Wildman–Crippen MR) is 87.7 cm³/mol. The van der Waals surface area contributed by atoms with Crippen LogP contribution in [0.5, 0.6) is 0 Å². The molecule has 1 atom stereocenters. The lowest BCUT2D eigenvalue weighted by atomic mass is 10.1. The first-order valence-electron chi connectivity index (χ1n) is 6.69. The smallest absolute Gasteiger partial charge is 0.246 e. The highest BCUT2D eigenvalue weighted by Crippen LogP contribution is 2.14. The molecule has 118 valence electrons. The van der Waals surface area contributed by atoms with Gasteiger partial charge >= 0.3 is 0 Å². The summed E-state index contributed by atoms with van der Waals surface area (Å²) in [4.78, 5) is 25.2. The lowest BCUT2D eigenvalue weighted by Crippen LogP contribution is -2.47. The molecule has 1 aromatic carbocycles. The average Bonchev–Trinajstić information content (AvgIpc) is 2.42. The molecule has 0 aliphatic carbocycles. The number of likely N-dealkylation sites (N-methyl/N-ethyl adjacent to an activating group) is 1. The molecule has 0 aliphatic heterocycles. The molecule has 0 unspecified atom stereocenters. The Bertz CT molecular complexity index is 492. The average molecular weight is 314 g/mol. The maximum absolute atomic E-state index is 12.0. The zero-order valence-corrected chi connectivity index (χ0v) is 13.7. The fraction of sp³-hybridized carbons (Fsp3) is 0.467. The molecule has 1 aromatic rings. The van der Waals surface area contributed by atoms with Crippen molar-refractivity contribution in [3.05, 3.63) is 29.8 Å². The number of carbonyl (C=O) groups excluding carboxylic acids is 2. The molecule has 0 bridgehead atoms. The monoisotopic (exact) mass is 313 g/mol. The van der Waals surface area contributed by atoms with Crippen molar-refractivity contribution in [2.45, 2.75) is 26.8 Å². The van der Waals surface area contributed by atoms with Gasteiger partial charge in [0.05, 0.1) is 12.6 Å². The molecule has 1 rings (SSSR count). The standard InChI is InChI=1S/C15H23N3O2.ClH/c1-10(2)14(16)15(20)17-9-13(19)18(4)12-7-5-6-11(3)8-12;/h5-8,10,14H,9,16H2,1-4H3,(H,17,20);1H/t14-;/m0./s1. The molecule has 0 fully saturated rings. The van der Waals surface area contributed by atoms with E-state index < -0.39 is 6.04 Å². The minimum atomic E-state index is -0.591. The number of anilines is 1. The highest BCUT2D eigenvalue weighted by Gasteiger charge is 2.19. The summed E-state index contributed by atoms with van der Waals surface area (Å²) in [5.74, 6) is -0.439. The quantitative estimate of drug-likeness (QED) is 0.864. The van der Waals surface area contributed by atoms with E-state index in [1.165, 1.54) is 4.90 Å². The first-order valence-corrected chi connectivity index (χ1v) is 6.69. The maximum Gasteiger partial charge on any atom is 0.246 e. The van der Waals surface area contributed by atoms with E-state index in [4.69, 9.17) is 5.73 Å². The largest absolute Gasteiger partial charge is 0.346 e. The van der Waals surface area contributed by atoms with Crippen LogP contribution in [0, 0.1) is 12.8 Å². The summed E-state index contributed by atoms with van der Waals surface area (Å²) in [6, 6.07) is 7.03. The van der Waals surface area contributed by atoms with E-state index in [0.717, 1.165) is 11.3 Å². The van der Waals surface area contributed by atoms with Crippen molar-refractivity contribution in [3.63, 3.8) is 0 Å². The van der Waals surface area contributed by atoms with Gasteiger partial charge in [-0.15, -0.1) is 12.4 Å². The minimum Gasteiger partial charge on any atom is -0.346 e. The van der Waals surface area contributed by atoms with Gasteiger partial charge in [-0.3, -0.25) is 9.59 Å². The Kier molecular flexibility index (Phi) is 7.99. The van der Waals surface area contributed by atoms with E-state index in [0.29, 0.717) is 0 Å². The third-order valence-corrected chi connectivity index (χ3v) is 3.20. The van der Waals surface area contributed by atoms with Gasteiger partial charge in [-0.1, -0.05) is 26.0 Å². The van der Waals surface area contributed by atoms with E-state index in [-0.39, 0.29) is 36.7 Å². The van der Waals surface area contributed by atoms with Gasteiger partial charge in [0.1, 0.15) is 0 Å². The van der Waals surface area contributed by atoms with Crippen molar-refractivity contribution in [1.82, 2.24) is 5.32 Å². The van der Waals surface area contributed by atoms with Crippen molar-refractivity contribution >= 4 is 29.9 Å². The topological polar surface area (TPSA) is 75.4 Å². The Hall–Kier alpha value is -1.59. The third kappa shape index (κ3) is 5.73. The van der Waals surface area contributed by atoms with Crippen LogP contribution < -0.4 is 16.0 Å². The maximum atomic E-state index is 12.0. The SMILES string of the molecule is Cc1cccc(N(C)C(=O)CNC(=O)[C@@H](N)C(C)C)c1.Cl. The molecule has 6 heteroatoms. The van der Waals surface area contributed by atoms with E-state index >= 15 is 0 Å². The fourth-order valence-corrected chi connectivity index (χ4v) is 1.68. The van der Waals surface area contributed by atoms with Crippen LogP contribution in [0.2, 0.25) is 0 Å². The minimum absolute atomic E-state index is 0. The Labute approximate surface area is 132 Å². The Balaban J connectivity index is 0.00000400. The number of carbonyl (C=O) groups is 2. The number of rotatable bonds is 5. The van der Waals surface area contributed by atoms with Crippen LogP contribution in [0.15, 0.2) is 24.3 Å².